The first-order chi connectivity index (χ1) is 13.0. The summed E-state index contributed by atoms with van der Waals surface area (Å²) in [7, 11) is 0. The van der Waals surface area contributed by atoms with Crippen molar-refractivity contribution in [3.8, 4) is 5.75 Å². The molecule has 1 heterocycles. The summed E-state index contributed by atoms with van der Waals surface area (Å²) in [6, 6.07) is 15.3. The summed E-state index contributed by atoms with van der Waals surface area (Å²) >= 11 is 0. The highest BCUT2D eigenvalue weighted by atomic mass is 16.5. The van der Waals surface area contributed by atoms with E-state index in [2.05, 4.69) is 11.4 Å². The van der Waals surface area contributed by atoms with Crippen molar-refractivity contribution in [2.75, 3.05) is 25.0 Å². The van der Waals surface area contributed by atoms with E-state index in [4.69, 9.17) is 4.74 Å². The zero-order valence-corrected chi connectivity index (χ0v) is 15.9. The second kappa shape index (κ2) is 8.71. The number of rotatable bonds is 5. The molecule has 5 heteroatoms. The maximum atomic E-state index is 12.5. The Balaban J connectivity index is 1.53. The molecule has 0 radical (unpaired) electrons. The van der Waals surface area contributed by atoms with Gasteiger partial charge in [-0.3, -0.25) is 9.59 Å². The summed E-state index contributed by atoms with van der Waals surface area (Å²) in [4.78, 5) is 26.8. The zero-order chi connectivity index (χ0) is 19.2. The highest BCUT2D eigenvalue weighted by Crippen LogP contribution is 2.20. The van der Waals surface area contributed by atoms with Crippen LogP contribution in [0.4, 0.5) is 5.69 Å². The van der Waals surface area contributed by atoms with Gasteiger partial charge < -0.3 is 15.0 Å². The van der Waals surface area contributed by atoms with Crippen molar-refractivity contribution >= 4 is 17.5 Å². The van der Waals surface area contributed by atoms with E-state index in [1.807, 2.05) is 56.3 Å². The van der Waals surface area contributed by atoms with Gasteiger partial charge in [0.25, 0.3) is 5.91 Å². The number of carbonyl (C=O) groups excluding carboxylic acids is 2. The van der Waals surface area contributed by atoms with E-state index in [0.717, 1.165) is 29.7 Å². The number of piperidine rings is 1. The number of likely N-dealkylation sites (tertiary alicyclic amines) is 1. The SMILES string of the molecule is Cc1cc(C)cc(OCC(=O)N2CCCC(C(=O)Nc3ccccc3)C2)c1. The Kier molecular flexibility index (Phi) is 6.12. The van der Waals surface area contributed by atoms with Crippen LogP contribution in [0.3, 0.4) is 0 Å². The van der Waals surface area contributed by atoms with Crippen molar-refractivity contribution in [1.82, 2.24) is 4.90 Å². The maximum absolute atomic E-state index is 12.5. The average Bonchev–Trinajstić information content (AvgIpc) is 2.66. The average molecular weight is 366 g/mol. The highest BCUT2D eigenvalue weighted by molar-refractivity contribution is 5.93. The van der Waals surface area contributed by atoms with E-state index in [1.165, 1.54) is 0 Å². The molecule has 1 aliphatic rings. The number of para-hydroxylation sites is 1. The highest BCUT2D eigenvalue weighted by Gasteiger charge is 2.28. The molecule has 5 nitrogen and oxygen atoms in total. The fourth-order valence-electron chi connectivity index (χ4n) is 3.44. The number of benzene rings is 2. The third kappa shape index (κ3) is 5.33. The first-order valence-electron chi connectivity index (χ1n) is 9.36. The van der Waals surface area contributed by atoms with Gasteiger partial charge in [-0.05, 0) is 62.1 Å². The van der Waals surface area contributed by atoms with Crippen LogP contribution in [0.1, 0.15) is 24.0 Å². The standard InChI is InChI=1S/C22H26N2O3/c1-16-11-17(2)13-20(12-16)27-15-21(25)24-10-6-7-18(14-24)22(26)23-19-8-4-3-5-9-19/h3-5,8-9,11-13,18H,6-7,10,14-15H2,1-2H3,(H,23,26). The van der Waals surface area contributed by atoms with Gasteiger partial charge in [0, 0.05) is 18.8 Å². The topological polar surface area (TPSA) is 58.6 Å². The van der Waals surface area contributed by atoms with Crippen LogP contribution in [-0.4, -0.2) is 36.4 Å². The summed E-state index contributed by atoms with van der Waals surface area (Å²) in [5.41, 5.74) is 2.99. The lowest BCUT2D eigenvalue weighted by atomic mass is 9.97. The maximum Gasteiger partial charge on any atom is 0.260 e. The fraction of sp³-hybridized carbons (Fsp3) is 0.364. The minimum atomic E-state index is -0.191. The molecular weight excluding hydrogens is 340 g/mol. The van der Waals surface area contributed by atoms with Crippen molar-refractivity contribution in [3.63, 3.8) is 0 Å². The predicted octanol–water partition coefficient (Wildman–Crippen LogP) is 3.56. The Labute approximate surface area is 160 Å². The van der Waals surface area contributed by atoms with Crippen LogP contribution in [0.25, 0.3) is 0 Å². The lowest BCUT2D eigenvalue weighted by Crippen LogP contribution is -2.45. The smallest absolute Gasteiger partial charge is 0.260 e. The largest absolute Gasteiger partial charge is 0.484 e. The minimum absolute atomic E-state index is 0.00405. The van der Waals surface area contributed by atoms with Gasteiger partial charge >= 0.3 is 0 Å². The molecular formula is C22H26N2O3. The molecule has 0 aromatic heterocycles. The van der Waals surface area contributed by atoms with Crippen molar-refractivity contribution in [1.29, 1.82) is 0 Å². The van der Waals surface area contributed by atoms with Gasteiger partial charge in [-0.15, -0.1) is 0 Å². The monoisotopic (exact) mass is 366 g/mol. The molecule has 1 N–H and O–H groups in total. The van der Waals surface area contributed by atoms with Crippen molar-refractivity contribution in [2.24, 2.45) is 5.92 Å². The Bertz CT molecular complexity index is 784. The van der Waals surface area contributed by atoms with E-state index in [-0.39, 0.29) is 24.3 Å². The van der Waals surface area contributed by atoms with Crippen LogP contribution < -0.4 is 10.1 Å². The van der Waals surface area contributed by atoms with Gasteiger partial charge in [0.1, 0.15) is 5.75 Å². The van der Waals surface area contributed by atoms with Crippen LogP contribution in [0.5, 0.6) is 5.75 Å². The number of hydrogen-bond acceptors (Lipinski definition) is 3. The van der Waals surface area contributed by atoms with E-state index in [0.29, 0.717) is 18.8 Å². The number of ether oxygens (including phenoxy) is 1. The molecule has 1 aliphatic heterocycles. The molecule has 1 saturated heterocycles. The van der Waals surface area contributed by atoms with Crippen LogP contribution in [0.2, 0.25) is 0 Å². The number of hydrogen-bond donors (Lipinski definition) is 1. The van der Waals surface area contributed by atoms with Gasteiger partial charge in [-0.1, -0.05) is 24.3 Å². The van der Waals surface area contributed by atoms with Crippen molar-refractivity contribution in [3.05, 3.63) is 59.7 Å². The minimum Gasteiger partial charge on any atom is -0.484 e. The predicted molar refractivity (Wildman–Crippen MR) is 106 cm³/mol. The van der Waals surface area contributed by atoms with Crippen LogP contribution in [0.15, 0.2) is 48.5 Å². The molecule has 0 saturated carbocycles. The van der Waals surface area contributed by atoms with E-state index >= 15 is 0 Å². The second-order valence-corrected chi connectivity index (χ2v) is 7.15. The molecule has 3 rings (SSSR count). The molecule has 27 heavy (non-hydrogen) atoms. The molecule has 1 fully saturated rings. The van der Waals surface area contributed by atoms with E-state index < -0.39 is 0 Å². The third-order valence-corrected chi connectivity index (χ3v) is 4.74. The Morgan fingerprint density at radius 1 is 1.11 bits per heavy atom. The van der Waals surface area contributed by atoms with Crippen LogP contribution in [-0.2, 0) is 9.59 Å². The number of aryl methyl sites for hydroxylation is 2. The number of amides is 2. The molecule has 1 atom stereocenters. The Morgan fingerprint density at radius 3 is 2.52 bits per heavy atom. The summed E-state index contributed by atoms with van der Waals surface area (Å²) in [6.45, 7) is 5.11. The molecule has 2 aromatic carbocycles. The van der Waals surface area contributed by atoms with E-state index in [9.17, 15) is 9.59 Å². The first-order valence-corrected chi connectivity index (χ1v) is 9.36. The molecule has 0 bridgehead atoms. The number of nitrogens with one attached hydrogen (secondary N) is 1. The van der Waals surface area contributed by atoms with E-state index in [1.54, 1.807) is 4.90 Å². The third-order valence-electron chi connectivity index (χ3n) is 4.74. The van der Waals surface area contributed by atoms with Crippen molar-refractivity contribution < 1.29 is 14.3 Å². The summed E-state index contributed by atoms with van der Waals surface area (Å²) in [6.07, 6.45) is 1.61. The quantitative estimate of drug-likeness (QED) is 0.880. The number of anilines is 1. The van der Waals surface area contributed by atoms with Gasteiger partial charge in [0.05, 0.1) is 5.92 Å². The zero-order valence-electron chi connectivity index (χ0n) is 15.9. The number of nitrogens with zero attached hydrogens (tertiary/aromatic N) is 1. The number of carbonyl (C=O) groups is 2. The fourth-order valence-corrected chi connectivity index (χ4v) is 3.44. The van der Waals surface area contributed by atoms with Gasteiger partial charge in [-0.25, -0.2) is 0 Å². The van der Waals surface area contributed by atoms with Crippen LogP contribution in [0, 0.1) is 19.8 Å². The molecule has 0 spiro atoms. The Hall–Kier alpha value is -2.82. The molecule has 1 unspecified atom stereocenters. The van der Waals surface area contributed by atoms with Gasteiger partial charge in [0.2, 0.25) is 5.91 Å². The summed E-state index contributed by atoms with van der Waals surface area (Å²) in [5, 5.41) is 2.93. The molecule has 0 aliphatic carbocycles. The molecule has 2 aromatic rings. The Morgan fingerprint density at radius 2 is 1.81 bits per heavy atom. The molecule has 2 amide bonds. The van der Waals surface area contributed by atoms with Gasteiger partial charge in [0.15, 0.2) is 6.61 Å². The lowest BCUT2D eigenvalue weighted by Gasteiger charge is -2.32. The van der Waals surface area contributed by atoms with Gasteiger partial charge in [-0.2, -0.15) is 0 Å². The summed E-state index contributed by atoms with van der Waals surface area (Å²) < 4.78 is 5.68. The van der Waals surface area contributed by atoms with Crippen LogP contribution >= 0.6 is 0 Å². The lowest BCUT2D eigenvalue weighted by molar-refractivity contribution is -0.136. The first kappa shape index (κ1) is 19.0. The molecule has 142 valence electrons. The second-order valence-electron chi connectivity index (χ2n) is 7.15. The summed E-state index contributed by atoms with van der Waals surface area (Å²) in [5.74, 6) is 0.403. The normalized spacial score (nSPS) is 16.7. The van der Waals surface area contributed by atoms with Crippen molar-refractivity contribution in [2.45, 2.75) is 26.7 Å².